The van der Waals surface area contributed by atoms with E-state index in [2.05, 4.69) is 11.9 Å². The number of para-hydroxylation sites is 1. The van der Waals surface area contributed by atoms with Crippen LogP contribution in [0.4, 0.5) is 0 Å². The molecule has 2 N–H and O–H groups in total. The number of nitrogens with zero attached hydrogens (tertiary/aromatic N) is 2. The van der Waals surface area contributed by atoms with E-state index in [1.54, 1.807) is 4.57 Å². The highest BCUT2D eigenvalue weighted by molar-refractivity contribution is 5.85. The molecule has 0 radical (unpaired) electrons. The number of halogens is 2. The summed E-state index contributed by atoms with van der Waals surface area (Å²) < 4.78 is 1.72. The third kappa shape index (κ3) is 3.95. The molecule has 0 saturated heterocycles. The predicted octanol–water partition coefficient (Wildman–Crippen LogP) is 2.54. The summed E-state index contributed by atoms with van der Waals surface area (Å²) in [4.78, 5) is 17.0. The SMILES string of the molecule is CCCCc1nc2ccccc2c(=O)n1CCN.Cl.Cl. The number of benzene rings is 1. The minimum atomic E-state index is 0. The molecule has 0 aliphatic heterocycles. The lowest BCUT2D eigenvalue weighted by Crippen LogP contribution is -2.28. The first-order chi connectivity index (χ1) is 8.77. The van der Waals surface area contributed by atoms with Gasteiger partial charge in [0.25, 0.3) is 5.56 Å². The average Bonchev–Trinajstić information content (AvgIpc) is 2.40. The molecule has 0 unspecified atom stereocenters. The molecule has 1 heterocycles. The van der Waals surface area contributed by atoms with Gasteiger partial charge in [0.1, 0.15) is 5.82 Å². The van der Waals surface area contributed by atoms with Crippen molar-refractivity contribution in [1.29, 1.82) is 0 Å². The summed E-state index contributed by atoms with van der Waals surface area (Å²) in [6.07, 6.45) is 2.96. The molecule has 4 nitrogen and oxygen atoms in total. The minimum absolute atomic E-state index is 0. The fourth-order valence-corrected chi connectivity index (χ4v) is 2.10. The summed E-state index contributed by atoms with van der Waals surface area (Å²) in [7, 11) is 0. The molecule has 20 heavy (non-hydrogen) atoms. The Hall–Kier alpha value is -1.10. The van der Waals surface area contributed by atoms with Crippen molar-refractivity contribution >= 4 is 35.7 Å². The van der Waals surface area contributed by atoms with E-state index in [1.807, 2.05) is 24.3 Å². The van der Waals surface area contributed by atoms with Gasteiger partial charge in [-0.2, -0.15) is 0 Å². The van der Waals surface area contributed by atoms with Crippen LogP contribution in [-0.2, 0) is 13.0 Å². The second-order valence-electron chi connectivity index (χ2n) is 4.39. The Labute approximate surface area is 131 Å². The molecule has 2 aromatic rings. The largest absolute Gasteiger partial charge is 0.329 e. The van der Waals surface area contributed by atoms with Gasteiger partial charge in [0.05, 0.1) is 10.9 Å². The van der Waals surface area contributed by atoms with Gasteiger partial charge in [-0.15, -0.1) is 24.8 Å². The van der Waals surface area contributed by atoms with Crippen LogP contribution < -0.4 is 11.3 Å². The number of hydrogen-bond acceptors (Lipinski definition) is 3. The van der Waals surface area contributed by atoms with E-state index >= 15 is 0 Å². The Bertz CT molecular complexity index is 598. The summed E-state index contributed by atoms with van der Waals surface area (Å²) in [6.45, 7) is 3.13. The summed E-state index contributed by atoms with van der Waals surface area (Å²) >= 11 is 0. The zero-order chi connectivity index (χ0) is 13.0. The molecule has 0 saturated carbocycles. The summed E-state index contributed by atoms with van der Waals surface area (Å²) in [6, 6.07) is 7.48. The van der Waals surface area contributed by atoms with E-state index in [0.717, 1.165) is 30.6 Å². The molecule has 0 aliphatic carbocycles. The molecule has 0 aliphatic rings. The molecular weight excluding hydrogens is 297 g/mol. The van der Waals surface area contributed by atoms with Crippen LogP contribution in [0.25, 0.3) is 10.9 Å². The topological polar surface area (TPSA) is 60.9 Å². The Morgan fingerprint density at radius 3 is 2.60 bits per heavy atom. The standard InChI is InChI=1S/C14H19N3O.2ClH/c1-2-3-8-13-16-12-7-5-4-6-11(12)14(18)17(13)10-9-15;;/h4-7H,2-3,8-10,15H2,1H3;2*1H. The van der Waals surface area contributed by atoms with Crippen LogP contribution in [0.3, 0.4) is 0 Å². The van der Waals surface area contributed by atoms with Gasteiger partial charge in [-0.05, 0) is 18.6 Å². The maximum atomic E-state index is 12.4. The number of unbranched alkanes of at least 4 members (excludes halogenated alkanes) is 1. The van der Waals surface area contributed by atoms with Crippen LogP contribution in [0, 0.1) is 0 Å². The predicted molar refractivity (Wildman–Crippen MR) is 88.2 cm³/mol. The van der Waals surface area contributed by atoms with Gasteiger partial charge in [0.15, 0.2) is 0 Å². The van der Waals surface area contributed by atoms with Crippen LogP contribution >= 0.6 is 24.8 Å². The van der Waals surface area contributed by atoms with Crippen LogP contribution in [0.5, 0.6) is 0 Å². The average molecular weight is 318 g/mol. The Kier molecular flexibility index (Phi) is 8.46. The molecule has 2 rings (SSSR count). The molecule has 1 aromatic carbocycles. The monoisotopic (exact) mass is 317 g/mol. The molecule has 0 fully saturated rings. The van der Waals surface area contributed by atoms with E-state index in [1.165, 1.54) is 0 Å². The van der Waals surface area contributed by atoms with Gasteiger partial charge in [-0.3, -0.25) is 9.36 Å². The first kappa shape index (κ1) is 18.9. The molecule has 0 amide bonds. The van der Waals surface area contributed by atoms with Crippen LogP contribution in [0.1, 0.15) is 25.6 Å². The third-order valence-electron chi connectivity index (χ3n) is 3.05. The van der Waals surface area contributed by atoms with Crippen molar-refractivity contribution in [3.05, 3.63) is 40.4 Å². The highest BCUT2D eigenvalue weighted by atomic mass is 35.5. The highest BCUT2D eigenvalue weighted by Gasteiger charge is 2.09. The zero-order valence-electron chi connectivity index (χ0n) is 11.5. The maximum Gasteiger partial charge on any atom is 0.261 e. The smallest absolute Gasteiger partial charge is 0.261 e. The fraction of sp³-hybridized carbons (Fsp3) is 0.429. The van der Waals surface area contributed by atoms with Crippen molar-refractivity contribution < 1.29 is 0 Å². The normalized spacial score (nSPS) is 9.90. The van der Waals surface area contributed by atoms with Gasteiger partial charge >= 0.3 is 0 Å². The van der Waals surface area contributed by atoms with Crippen LogP contribution in [0.15, 0.2) is 29.1 Å². The van der Waals surface area contributed by atoms with Crippen LogP contribution in [-0.4, -0.2) is 16.1 Å². The molecular formula is C14H21Cl2N3O. The minimum Gasteiger partial charge on any atom is -0.329 e. The van der Waals surface area contributed by atoms with Gasteiger partial charge in [-0.1, -0.05) is 25.5 Å². The second kappa shape index (κ2) is 8.95. The van der Waals surface area contributed by atoms with Crippen molar-refractivity contribution in [3.8, 4) is 0 Å². The van der Waals surface area contributed by atoms with Crippen molar-refractivity contribution in [1.82, 2.24) is 9.55 Å². The van der Waals surface area contributed by atoms with Crippen molar-refractivity contribution in [3.63, 3.8) is 0 Å². The molecule has 6 heteroatoms. The summed E-state index contributed by atoms with van der Waals surface area (Å²) in [5.41, 5.74) is 6.39. The highest BCUT2D eigenvalue weighted by Crippen LogP contribution is 2.09. The summed E-state index contributed by atoms with van der Waals surface area (Å²) in [5, 5.41) is 0.672. The zero-order valence-corrected chi connectivity index (χ0v) is 13.2. The lowest BCUT2D eigenvalue weighted by Gasteiger charge is -2.12. The van der Waals surface area contributed by atoms with Crippen molar-refractivity contribution in [2.45, 2.75) is 32.7 Å². The Morgan fingerprint density at radius 1 is 1.25 bits per heavy atom. The lowest BCUT2D eigenvalue weighted by atomic mass is 10.2. The van der Waals surface area contributed by atoms with E-state index < -0.39 is 0 Å². The Balaban J connectivity index is 0.00000180. The van der Waals surface area contributed by atoms with Gasteiger partial charge in [0, 0.05) is 19.5 Å². The number of nitrogens with two attached hydrogens (primary N) is 1. The lowest BCUT2D eigenvalue weighted by molar-refractivity contribution is 0.607. The first-order valence-electron chi connectivity index (χ1n) is 6.46. The number of hydrogen-bond donors (Lipinski definition) is 1. The van der Waals surface area contributed by atoms with E-state index in [-0.39, 0.29) is 30.4 Å². The Morgan fingerprint density at radius 2 is 1.95 bits per heavy atom. The fourth-order valence-electron chi connectivity index (χ4n) is 2.10. The molecule has 0 atom stereocenters. The van der Waals surface area contributed by atoms with Gasteiger partial charge in [-0.25, -0.2) is 4.98 Å². The van der Waals surface area contributed by atoms with Crippen molar-refractivity contribution in [2.24, 2.45) is 5.73 Å². The third-order valence-corrected chi connectivity index (χ3v) is 3.05. The van der Waals surface area contributed by atoms with Crippen molar-refractivity contribution in [2.75, 3.05) is 6.54 Å². The number of aryl methyl sites for hydroxylation is 1. The molecule has 1 aromatic heterocycles. The van der Waals surface area contributed by atoms with Gasteiger partial charge in [0.2, 0.25) is 0 Å². The summed E-state index contributed by atoms with van der Waals surface area (Å²) in [5.74, 6) is 0.853. The van der Waals surface area contributed by atoms with E-state index in [0.29, 0.717) is 18.5 Å². The maximum absolute atomic E-state index is 12.4. The number of aromatic nitrogens is 2. The number of rotatable bonds is 5. The molecule has 112 valence electrons. The molecule has 0 spiro atoms. The second-order valence-corrected chi connectivity index (χ2v) is 4.39. The van der Waals surface area contributed by atoms with E-state index in [9.17, 15) is 4.79 Å². The van der Waals surface area contributed by atoms with Gasteiger partial charge < -0.3 is 5.73 Å². The van der Waals surface area contributed by atoms with Crippen LogP contribution in [0.2, 0.25) is 0 Å². The van der Waals surface area contributed by atoms with E-state index in [4.69, 9.17) is 5.73 Å². The molecule has 0 bridgehead atoms. The number of fused-ring (bicyclic) bond motifs is 1. The quantitative estimate of drug-likeness (QED) is 0.921. The first-order valence-corrected chi connectivity index (χ1v) is 6.46.